The summed E-state index contributed by atoms with van der Waals surface area (Å²) in [5.74, 6) is -0.647. The summed E-state index contributed by atoms with van der Waals surface area (Å²) >= 11 is 0. The van der Waals surface area contributed by atoms with Gasteiger partial charge in [-0.2, -0.15) is 0 Å². The minimum atomic E-state index is -3.66. The number of esters is 1. The molecule has 0 fully saturated rings. The van der Waals surface area contributed by atoms with Crippen molar-refractivity contribution in [2.45, 2.75) is 31.5 Å². The molecular weight excluding hydrogens is 468 g/mol. The Morgan fingerprint density at radius 1 is 0.971 bits per heavy atom. The van der Waals surface area contributed by atoms with Crippen molar-refractivity contribution in [2.24, 2.45) is 0 Å². The third kappa shape index (κ3) is 6.68. The standard InChI is InChI=1S/C26H28N2O6S/c1-18-10-15-23(35(31,32)28(3)4)16-24(18)27-25(29)19(2)34-26(30)21-11-13-22(14-12-21)33-17-20-8-6-5-7-9-20/h5-16,19H,17H2,1-4H3,(H,27,29). The highest BCUT2D eigenvalue weighted by Gasteiger charge is 2.22. The number of nitrogens with one attached hydrogen (secondary N) is 1. The minimum Gasteiger partial charge on any atom is -0.489 e. The molecule has 35 heavy (non-hydrogen) atoms. The van der Waals surface area contributed by atoms with Crippen LogP contribution >= 0.6 is 0 Å². The van der Waals surface area contributed by atoms with Gasteiger partial charge in [0, 0.05) is 19.8 Å². The van der Waals surface area contributed by atoms with Gasteiger partial charge in [0.1, 0.15) is 12.4 Å². The Balaban J connectivity index is 1.60. The van der Waals surface area contributed by atoms with Gasteiger partial charge < -0.3 is 14.8 Å². The summed E-state index contributed by atoms with van der Waals surface area (Å²) in [6.45, 7) is 3.58. The van der Waals surface area contributed by atoms with Crippen LogP contribution in [0.5, 0.6) is 5.75 Å². The van der Waals surface area contributed by atoms with Crippen LogP contribution in [0, 0.1) is 6.92 Å². The summed E-state index contributed by atoms with van der Waals surface area (Å²) < 4.78 is 36.9. The minimum absolute atomic E-state index is 0.0441. The van der Waals surface area contributed by atoms with Crippen LogP contribution in [0.25, 0.3) is 0 Å². The fourth-order valence-electron chi connectivity index (χ4n) is 3.05. The van der Waals surface area contributed by atoms with Crippen LogP contribution in [0.4, 0.5) is 5.69 Å². The second-order valence-corrected chi connectivity index (χ2v) is 10.3. The Bertz CT molecular complexity index is 1290. The highest BCUT2D eigenvalue weighted by Crippen LogP contribution is 2.22. The lowest BCUT2D eigenvalue weighted by molar-refractivity contribution is -0.123. The van der Waals surface area contributed by atoms with E-state index in [1.165, 1.54) is 33.2 Å². The monoisotopic (exact) mass is 496 g/mol. The number of amides is 1. The largest absolute Gasteiger partial charge is 0.489 e. The van der Waals surface area contributed by atoms with Crippen LogP contribution < -0.4 is 10.1 Å². The van der Waals surface area contributed by atoms with E-state index < -0.39 is 28.0 Å². The number of anilines is 1. The van der Waals surface area contributed by atoms with Crippen LogP contribution in [0.1, 0.15) is 28.4 Å². The van der Waals surface area contributed by atoms with Crippen molar-refractivity contribution < 1.29 is 27.5 Å². The van der Waals surface area contributed by atoms with Gasteiger partial charge in [-0.25, -0.2) is 17.5 Å². The zero-order chi connectivity index (χ0) is 25.6. The highest BCUT2D eigenvalue weighted by atomic mass is 32.2. The molecule has 1 atom stereocenters. The number of rotatable bonds is 9. The average molecular weight is 497 g/mol. The van der Waals surface area contributed by atoms with Gasteiger partial charge in [0.2, 0.25) is 10.0 Å². The maximum Gasteiger partial charge on any atom is 0.338 e. The molecule has 0 radical (unpaired) electrons. The fraction of sp³-hybridized carbons (Fsp3) is 0.231. The molecule has 0 heterocycles. The first-order valence-electron chi connectivity index (χ1n) is 10.9. The third-order valence-corrected chi connectivity index (χ3v) is 7.05. The van der Waals surface area contributed by atoms with E-state index in [4.69, 9.17) is 9.47 Å². The third-order valence-electron chi connectivity index (χ3n) is 5.24. The van der Waals surface area contributed by atoms with Crippen molar-refractivity contribution in [1.29, 1.82) is 0 Å². The predicted molar refractivity (Wildman–Crippen MR) is 133 cm³/mol. The van der Waals surface area contributed by atoms with Crippen LogP contribution in [0.3, 0.4) is 0 Å². The molecule has 0 saturated carbocycles. The van der Waals surface area contributed by atoms with E-state index in [1.807, 2.05) is 30.3 Å². The number of sulfonamides is 1. The van der Waals surface area contributed by atoms with Crippen LogP contribution in [-0.4, -0.2) is 44.8 Å². The van der Waals surface area contributed by atoms with E-state index in [0.29, 0.717) is 23.6 Å². The van der Waals surface area contributed by atoms with Crippen molar-refractivity contribution in [2.75, 3.05) is 19.4 Å². The number of hydrogen-bond acceptors (Lipinski definition) is 6. The molecule has 3 rings (SSSR count). The first kappa shape index (κ1) is 25.9. The summed E-state index contributed by atoms with van der Waals surface area (Å²) in [5.41, 5.74) is 2.28. The molecule has 0 saturated heterocycles. The smallest absolute Gasteiger partial charge is 0.338 e. The highest BCUT2D eigenvalue weighted by molar-refractivity contribution is 7.89. The van der Waals surface area contributed by atoms with Gasteiger partial charge in [0.25, 0.3) is 5.91 Å². The van der Waals surface area contributed by atoms with Crippen LogP contribution in [-0.2, 0) is 26.2 Å². The Labute approximate surface area is 205 Å². The zero-order valence-corrected chi connectivity index (χ0v) is 20.8. The van der Waals surface area contributed by atoms with Gasteiger partial charge in [0.15, 0.2) is 6.10 Å². The van der Waals surface area contributed by atoms with E-state index in [1.54, 1.807) is 37.3 Å². The number of hydrogen-bond donors (Lipinski definition) is 1. The van der Waals surface area contributed by atoms with Crippen LogP contribution in [0.2, 0.25) is 0 Å². The Morgan fingerprint density at radius 3 is 2.26 bits per heavy atom. The van der Waals surface area contributed by atoms with Gasteiger partial charge in [0.05, 0.1) is 10.5 Å². The van der Waals surface area contributed by atoms with Crippen molar-refractivity contribution >= 4 is 27.6 Å². The lowest BCUT2D eigenvalue weighted by atomic mass is 10.2. The van der Waals surface area contributed by atoms with E-state index in [0.717, 1.165) is 9.87 Å². The topological polar surface area (TPSA) is 102 Å². The molecule has 0 aliphatic heterocycles. The summed E-state index contributed by atoms with van der Waals surface area (Å²) in [6, 6.07) is 20.6. The number of carbonyl (C=O) groups is 2. The SMILES string of the molecule is Cc1ccc(S(=O)(=O)N(C)C)cc1NC(=O)C(C)OC(=O)c1ccc(OCc2ccccc2)cc1. The molecular formula is C26H28N2O6S. The summed E-state index contributed by atoms with van der Waals surface area (Å²) in [7, 11) is -0.809. The molecule has 3 aromatic rings. The first-order chi connectivity index (χ1) is 16.6. The Kier molecular flexibility index (Phi) is 8.26. The summed E-state index contributed by atoms with van der Waals surface area (Å²) in [6.07, 6.45) is -1.11. The zero-order valence-electron chi connectivity index (χ0n) is 20.0. The van der Waals surface area contributed by atoms with Crippen LogP contribution in [0.15, 0.2) is 77.7 Å². The average Bonchev–Trinajstić information content (AvgIpc) is 2.84. The van der Waals surface area contributed by atoms with Crippen molar-refractivity contribution in [3.05, 3.63) is 89.5 Å². The summed E-state index contributed by atoms with van der Waals surface area (Å²) in [5, 5.41) is 2.64. The maximum atomic E-state index is 12.6. The number of benzene rings is 3. The van der Waals surface area contributed by atoms with Gasteiger partial charge in [-0.15, -0.1) is 0 Å². The maximum absolute atomic E-state index is 12.6. The number of nitrogens with zero attached hydrogens (tertiary/aromatic N) is 1. The molecule has 1 N–H and O–H groups in total. The molecule has 3 aromatic carbocycles. The lowest BCUT2D eigenvalue weighted by Crippen LogP contribution is -2.30. The quantitative estimate of drug-likeness (QED) is 0.449. The van der Waals surface area contributed by atoms with Gasteiger partial charge in [-0.1, -0.05) is 36.4 Å². The summed E-state index contributed by atoms with van der Waals surface area (Å²) in [4.78, 5) is 25.2. The number of aryl methyl sites for hydroxylation is 1. The molecule has 8 nitrogen and oxygen atoms in total. The van der Waals surface area contributed by atoms with Crippen molar-refractivity contribution in [3.63, 3.8) is 0 Å². The predicted octanol–water partition coefficient (Wildman–Crippen LogP) is 4.01. The Hall–Kier alpha value is -3.69. The molecule has 0 aliphatic carbocycles. The molecule has 1 unspecified atom stereocenters. The van der Waals surface area contributed by atoms with E-state index in [-0.39, 0.29) is 10.5 Å². The lowest BCUT2D eigenvalue weighted by Gasteiger charge is -2.17. The number of ether oxygens (including phenoxy) is 2. The van der Waals surface area contributed by atoms with Gasteiger partial charge in [-0.3, -0.25) is 4.79 Å². The molecule has 1 amide bonds. The number of carbonyl (C=O) groups excluding carboxylic acids is 2. The van der Waals surface area contributed by atoms with Crippen molar-refractivity contribution in [1.82, 2.24) is 4.31 Å². The first-order valence-corrected chi connectivity index (χ1v) is 12.3. The normalized spacial score (nSPS) is 12.1. The van der Waals surface area contributed by atoms with E-state index in [2.05, 4.69) is 5.32 Å². The molecule has 0 aliphatic rings. The second-order valence-electron chi connectivity index (χ2n) is 8.10. The molecule has 184 valence electrons. The van der Waals surface area contributed by atoms with Crippen molar-refractivity contribution in [3.8, 4) is 5.75 Å². The second kappa shape index (κ2) is 11.2. The van der Waals surface area contributed by atoms with E-state index >= 15 is 0 Å². The van der Waals surface area contributed by atoms with E-state index in [9.17, 15) is 18.0 Å². The molecule has 0 aromatic heterocycles. The molecule has 0 spiro atoms. The van der Waals surface area contributed by atoms with Gasteiger partial charge in [-0.05, 0) is 61.4 Å². The molecule has 0 bridgehead atoms. The molecule has 9 heteroatoms. The fourth-order valence-corrected chi connectivity index (χ4v) is 3.98. The Morgan fingerprint density at radius 2 is 1.63 bits per heavy atom. The van der Waals surface area contributed by atoms with Gasteiger partial charge >= 0.3 is 5.97 Å².